The number of aromatic nitrogens is 1. The Bertz CT molecular complexity index is 383. The van der Waals surface area contributed by atoms with Gasteiger partial charge in [0.2, 0.25) is 0 Å². The molecular weight excluding hydrogens is 236 g/mol. The molecule has 2 unspecified atom stereocenters. The SMILES string of the molecule is CCCNc1cncc(NN2C(C)CCCC2C)c1. The van der Waals surface area contributed by atoms with Gasteiger partial charge in [-0.2, -0.15) is 0 Å². The van der Waals surface area contributed by atoms with Gasteiger partial charge >= 0.3 is 0 Å². The van der Waals surface area contributed by atoms with E-state index < -0.39 is 0 Å². The molecule has 0 amide bonds. The lowest BCUT2D eigenvalue weighted by Crippen LogP contribution is -2.47. The molecule has 1 aliphatic heterocycles. The van der Waals surface area contributed by atoms with Crippen molar-refractivity contribution in [2.75, 3.05) is 17.3 Å². The van der Waals surface area contributed by atoms with Gasteiger partial charge in [-0.15, -0.1) is 0 Å². The van der Waals surface area contributed by atoms with Crippen molar-refractivity contribution in [2.45, 2.75) is 58.5 Å². The highest BCUT2D eigenvalue weighted by atomic mass is 15.5. The number of nitrogens with one attached hydrogen (secondary N) is 2. The van der Waals surface area contributed by atoms with Crippen molar-refractivity contribution in [3.8, 4) is 0 Å². The summed E-state index contributed by atoms with van der Waals surface area (Å²) in [5.41, 5.74) is 5.69. The molecule has 4 nitrogen and oxygen atoms in total. The summed E-state index contributed by atoms with van der Waals surface area (Å²) < 4.78 is 0. The zero-order valence-electron chi connectivity index (χ0n) is 12.3. The van der Waals surface area contributed by atoms with E-state index in [-0.39, 0.29) is 0 Å². The Morgan fingerprint density at radius 3 is 2.58 bits per heavy atom. The Kier molecular flexibility index (Phi) is 5.02. The van der Waals surface area contributed by atoms with Gasteiger partial charge in [-0.3, -0.25) is 4.98 Å². The molecular formula is C15H26N4. The fourth-order valence-electron chi connectivity index (χ4n) is 2.66. The van der Waals surface area contributed by atoms with Crippen molar-refractivity contribution in [1.29, 1.82) is 0 Å². The van der Waals surface area contributed by atoms with Crippen LogP contribution in [0.4, 0.5) is 11.4 Å². The second-order valence-corrected chi connectivity index (χ2v) is 5.54. The van der Waals surface area contributed by atoms with Gasteiger partial charge in [0.15, 0.2) is 0 Å². The number of hydrogen-bond donors (Lipinski definition) is 2. The largest absolute Gasteiger partial charge is 0.384 e. The summed E-state index contributed by atoms with van der Waals surface area (Å²) in [5, 5.41) is 5.74. The Labute approximate surface area is 116 Å². The third kappa shape index (κ3) is 3.83. The summed E-state index contributed by atoms with van der Waals surface area (Å²) >= 11 is 0. The molecule has 2 atom stereocenters. The molecule has 106 valence electrons. The van der Waals surface area contributed by atoms with E-state index in [1.54, 1.807) is 0 Å². The van der Waals surface area contributed by atoms with Crippen molar-refractivity contribution in [1.82, 2.24) is 9.99 Å². The molecule has 0 radical (unpaired) electrons. The first-order valence-electron chi connectivity index (χ1n) is 7.44. The Hall–Kier alpha value is -1.29. The van der Waals surface area contributed by atoms with E-state index in [1.165, 1.54) is 19.3 Å². The summed E-state index contributed by atoms with van der Waals surface area (Å²) in [6.07, 6.45) is 8.75. The lowest BCUT2D eigenvalue weighted by atomic mass is 10.00. The van der Waals surface area contributed by atoms with E-state index in [0.717, 1.165) is 24.3 Å². The summed E-state index contributed by atoms with van der Waals surface area (Å²) in [4.78, 5) is 4.30. The summed E-state index contributed by atoms with van der Waals surface area (Å²) in [6.45, 7) is 7.73. The molecule has 0 spiro atoms. The molecule has 1 aromatic rings. The minimum atomic E-state index is 0.580. The van der Waals surface area contributed by atoms with Gasteiger partial charge in [0.25, 0.3) is 0 Å². The lowest BCUT2D eigenvalue weighted by molar-refractivity contribution is 0.135. The van der Waals surface area contributed by atoms with Crippen LogP contribution in [0.5, 0.6) is 0 Å². The number of piperidine rings is 1. The highest BCUT2D eigenvalue weighted by molar-refractivity contribution is 5.53. The zero-order chi connectivity index (χ0) is 13.7. The van der Waals surface area contributed by atoms with E-state index in [2.05, 4.69) is 47.6 Å². The second-order valence-electron chi connectivity index (χ2n) is 5.54. The van der Waals surface area contributed by atoms with Crippen molar-refractivity contribution in [3.63, 3.8) is 0 Å². The van der Waals surface area contributed by atoms with Gasteiger partial charge in [-0.25, -0.2) is 5.01 Å². The van der Waals surface area contributed by atoms with Crippen LogP contribution in [0, 0.1) is 0 Å². The topological polar surface area (TPSA) is 40.2 Å². The minimum absolute atomic E-state index is 0.580. The smallest absolute Gasteiger partial charge is 0.0694 e. The van der Waals surface area contributed by atoms with E-state index in [9.17, 15) is 0 Å². The Morgan fingerprint density at radius 1 is 1.21 bits per heavy atom. The molecule has 4 heteroatoms. The van der Waals surface area contributed by atoms with Crippen molar-refractivity contribution >= 4 is 11.4 Å². The van der Waals surface area contributed by atoms with Crippen LogP contribution in [0.15, 0.2) is 18.5 Å². The van der Waals surface area contributed by atoms with Crippen LogP contribution in [0.2, 0.25) is 0 Å². The molecule has 0 aliphatic carbocycles. The molecule has 1 saturated heterocycles. The molecule has 1 fully saturated rings. The van der Waals surface area contributed by atoms with Crippen molar-refractivity contribution in [3.05, 3.63) is 18.5 Å². The predicted molar refractivity (Wildman–Crippen MR) is 81.3 cm³/mol. The number of hydrogen-bond acceptors (Lipinski definition) is 4. The van der Waals surface area contributed by atoms with Gasteiger partial charge in [-0.05, 0) is 39.2 Å². The molecule has 19 heavy (non-hydrogen) atoms. The predicted octanol–water partition coefficient (Wildman–Crippen LogP) is 3.49. The number of rotatable bonds is 5. The number of hydrazine groups is 1. The van der Waals surface area contributed by atoms with Crippen LogP contribution < -0.4 is 10.7 Å². The number of nitrogens with zero attached hydrogens (tertiary/aromatic N) is 2. The number of anilines is 2. The summed E-state index contributed by atoms with van der Waals surface area (Å²) in [5.74, 6) is 0. The molecule has 0 bridgehead atoms. The van der Waals surface area contributed by atoms with Gasteiger partial charge in [0.1, 0.15) is 0 Å². The fourth-order valence-corrected chi connectivity index (χ4v) is 2.66. The van der Waals surface area contributed by atoms with Crippen LogP contribution in [0.1, 0.15) is 46.5 Å². The van der Waals surface area contributed by atoms with E-state index in [4.69, 9.17) is 0 Å². The molecule has 1 aromatic heterocycles. The first-order chi connectivity index (χ1) is 9.20. The normalized spacial score (nSPS) is 24.2. The highest BCUT2D eigenvalue weighted by Gasteiger charge is 2.24. The van der Waals surface area contributed by atoms with Gasteiger partial charge in [-0.1, -0.05) is 13.3 Å². The monoisotopic (exact) mass is 262 g/mol. The van der Waals surface area contributed by atoms with Crippen LogP contribution in [0.3, 0.4) is 0 Å². The van der Waals surface area contributed by atoms with E-state index >= 15 is 0 Å². The van der Waals surface area contributed by atoms with Crippen molar-refractivity contribution < 1.29 is 0 Å². The summed E-state index contributed by atoms with van der Waals surface area (Å²) in [6, 6.07) is 3.29. The maximum atomic E-state index is 4.30. The zero-order valence-corrected chi connectivity index (χ0v) is 12.3. The summed E-state index contributed by atoms with van der Waals surface area (Å²) in [7, 11) is 0. The Morgan fingerprint density at radius 2 is 1.89 bits per heavy atom. The molecule has 0 saturated carbocycles. The minimum Gasteiger partial charge on any atom is -0.384 e. The molecule has 2 rings (SSSR count). The average Bonchev–Trinajstić information content (AvgIpc) is 2.41. The van der Waals surface area contributed by atoms with Gasteiger partial charge in [0.05, 0.1) is 23.8 Å². The molecule has 1 aliphatic rings. The van der Waals surface area contributed by atoms with Crippen LogP contribution >= 0.6 is 0 Å². The van der Waals surface area contributed by atoms with Gasteiger partial charge in [0, 0.05) is 18.6 Å². The third-order valence-electron chi connectivity index (χ3n) is 3.77. The van der Waals surface area contributed by atoms with Gasteiger partial charge < -0.3 is 10.7 Å². The van der Waals surface area contributed by atoms with Crippen LogP contribution in [-0.4, -0.2) is 28.6 Å². The number of pyridine rings is 1. The molecule has 2 heterocycles. The maximum absolute atomic E-state index is 4.30. The Balaban J connectivity index is 2.01. The van der Waals surface area contributed by atoms with Crippen molar-refractivity contribution in [2.24, 2.45) is 0 Å². The first-order valence-corrected chi connectivity index (χ1v) is 7.44. The molecule has 2 N–H and O–H groups in total. The van der Waals surface area contributed by atoms with Crippen LogP contribution in [-0.2, 0) is 0 Å². The fraction of sp³-hybridized carbons (Fsp3) is 0.667. The van der Waals surface area contributed by atoms with E-state index in [1.807, 2.05) is 12.4 Å². The third-order valence-corrected chi connectivity index (χ3v) is 3.77. The maximum Gasteiger partial charge on any atom is 0.0694 e. The first kappa shape index (κ1) is 14.1. The second kappa shape index (κ2) is 6.75. The van der Waals surface area contributed by atoms with Crippen LogP contribution in [0.25, 0.3) is 0 Å². The highest BCUT2D eigenvalue weighted by Crippen LogP contribution is 2.24. The average molecular weight is 262 g/mol. The quantitative estimate of drug-likeness (QED) is 0.852. The molecule has 0 aromatic carbocycles. The van der Waals surface area contributed by atoms with E-state index in [0.29, 0.717) is 12.1 Å². The standard InChI is InChI=1S/C15H26N4/c1-4-8-17-14-9-15(11-16-10-14)18-19-12(2)6-5-7-13(19)3/h9-13,17-18H,4-8H2,1-3H3. The lowest BCUT2D eigenvalue weighted by Gasteiger charge is -2.39.